The number of hydrogen-bond donors (Lipinski definition) is 0. The van der Waals surface area contributed by atoms with Gasteiger partial charge in [0.1, 0.15) is 0 Å². The first-order valence-electron chi connectivity index (χ1n) is 9.16. The lowest BCUT2D eigenvalue weighted by molar-refractivity contribution is 0.0969. The summed E-state index contributed by atoms with van der Waals surface area (Å²) in [6, 6.07) is 7.59. The molecule has 0 aliphatic heterocycles. The third-order valence-electron chi connectivity index (χ3n) is 5.10. The third-order valence-corrected chi connectivity index (χ3v) is 5.10. The lowest BCUT2D eigenvalue weighted by Crippen LogP contribution is -2.08. The van der Waals surface area contributed by atoms with E-state index in [0.29, 0.717) is 30.3 Å². The molecular formula is C21H20FN3O2. The quantitative estimate of drug-likeness (QED) is 0.625. The summed E-state index contributed by atoms with van der Waals surface area (Å²) < 4.78 is 19.1. The molecular weight excluding hydrogens is 345 g/mol. The minimum atomic E-state index is -0.553. The molecule has 138 valence electrons. The number of rotatable bonds is 5. The number of carbonyl (C=O) groups is 1. The van der Waals surface area contributed by atoms with Gasteiger partial charge in [-0.2, -0.15) is 4.98 Å². The van der Waals surface area contributed by atoms with Crippen molar-refractivity contribution in [3.05, 3.63) is 64.6 Å². The number of Topliss-reactive ketones (excluding diaryl/α,β-unsaturated/α-hetero) is 1. The fourth-order valence-corrected chi connectivity index (χ4v) is 3.66. The lowest BCUT2D eigenvalue weighted by atomic mass is 9.92. The van der Waals surface area contributed by atoms with Gasteiger partial charge in [-0.3, -0.25) is 9.78 Å². The molecule has 27 heavy (non-hydrogen) atoms. The maximum absolute atomic E-state index is 14.0. The van der Waals surface area contributed by atoms with Gasteiger partial charge in [0.05, 0.1) is 11.8 Å². The number of hydrogen-bond acceptors (Lipinski definition) is 5. The van der Waals surface area contributed by atoms with Crippen LogP contribution in [0.15, 0.2) is 35.0 Å². The van der Waals surface area contributed by atoms with Gasteiger partial charge >= 0.3 is 0 Å². The molecule has 0 radical (unpaired) electrons. The zero-order chi connectivity index (χ0) is 19.0. The number of aromatic nitrogens is 3. The minimum Gasteiger partial charge on any atom is -0.339 e. The van der Waals surface area contributed by atoms with Crippen LogP contribution >= 0.6 is 0 Å². The van der Waals surface area contributed by atoms with Crippen molar-refractivity contribution in [3.8, 4) is 11.4 Å². The largest absolute Gasteiger partial charge is 0.339 e. The van der Waals surface area contributed by atoms with Crippen LogP contribution in [0.1, 0.15) is 58.8 Å². The predicted octanol–water partition coefficient (Wildman–Crippen LogP) is 4.44. The van der Waals surface area contributed by atoms with Crippen molar-refractivity contribution in [2.24, 2.45) is 0 Å². The van der Waals surface area contributed by atoms with Crippen LogP contribution in [0.25, 0.3) is 11.4 Å². The Morgan fingerprint density at radius 1 is 1.33 bits per heavy atom. The van der Waals surface area contributed by atoms with E-state index < -0.39 is 5.82 Å². The molecule has 4 rings (SSSR count). The monoisotopic (exact) mass is 365 g/mol. The second-order valence-electron chi connectivity index (χ2n) is 6.95. The molecule has 1 aliphatic carbocycles. The highest BCUT2D eigenvalue weighted by molar-refractivity contribution is 5.97. The van der Waals surface area contributed by atoms with Crippen LogP contribution in [0.2, 0.25) is 0 Å². The highest BCUT2D eigenvalue weighted by Crippen LogP contribution is 2.38. The van der Waals surface area contributed by atoms with Crippen LogP contribution in [0, 0.1) is 12.7 Å². The van der Waals surface area contributed by atoms with Crippen molar-refractivity contribution in [2.75, 3.05) is 0 Å². The summed E-state index contributed by atoms with van der Waals surface area (Å²) in [4.78, 5) is 20.9. The molecule has 1 aliphatic rings. The molecule has 1 atom stereocenters. The average Bonchev–Trinajstić information content (AvgIpc) is 3.30. The Hall–Kier alpha value is -2.89. The number of pyridine rings is 1. The van der Waals surface area contributed by atoms with E-state index in [2.05, 4.69) is 21.2 Å². The number of fused-ring (bicyclic) bond motifs is 1. The Bertz CT molecular complexity index is 1010. The van der Waals surface area contributed by atoms with E-state index in [-0.39, 0.29) is 17.3 Å². The summed E-state index contributed by atoms with van der Waals surface area (Å²) in [5.41, 5.74) is 4.03. The Morgan fingerprint density at radius 3 is 2.96 bits per heavy atom. The van der Waals surface area contributed by atoms with Crippen LogP contribution in [-0.2, 0) is 12.8 Å². The van der Waals surface area contributed by atoms with Crippen LogP contribution < -0.4 is 0 Å². The van der Waals surface area contributed by atoms with Gasteiger partial charge in [-0.1, -0.05) is 24.2 Å². The van der Waals surface area contributed by atoms with Crippen LogP contribution in [0.5, 0.6) is 0 Å². The highest BCUT2D eigenvalue weighted by atomic mass is 19.1. The molecule has 0 spiro atoms. The van der Waals surface area contributed by atoms with E-state index in [9.17, 15) is 9.18 Å². The van der Waals surface area contributed by atoms with E-state index >= 15 is 0 Å². The average molecular weight is 365 g/mol. The van der Waals surface area contributed by atoms with Crippen LogP contribution in [0.4, 0.5) is 4.39 Å². The van der Waals surface area contributed by atoms with Gasteiger partial charge in [-0.05, 0) is 48.9 Å². The van der Waals surface area contributed by atoms with Crippen molar-refractivity contribution in [2.45, 2.75) is 45.4 Å². The molecule has 0 saturated carbocycles. The smallest absolute Gasteiger partial charge is 0.226 e. The fraction of sp³-hybridized carbons (Fsp3) is 0.333. The summed E-state index contributed by atoms with van der Waals surface area (Å²) in [6.07, 6.45) is 3.88. The van der Waals surface area contributed by atoms with E-state index in [1.165, 1.54) is 11.6 Å². The molecule has 0 fully saturated rings. The van der Waals surface area contributed by atoms with Gasteiger partial charge in [0.2, 0.25) is 11.7 Å². The van der Waals surface area contributed by atoms with Crippen molar-refractivity contribution in [1.29, 1.82) is 0 Å². The van der Waals surface area contributed by atoms with Crippen LogP contribution in [0.3, 0.4) is 0 Å². The molecule has 0 saturated heterocycles. The number of halogens is 1. The molecule has 0 amide bonds. The van der Waals surface area contributed by atoms with Crippen molar-refractivity contribution in [1.82, 2.24) is 15.1 Å². The Balaban J connectivity index is 1.55. The zero-order valence-electron chi connectivity index (χ0n) is 15.3. The molecule has 1 aromatic carbocycles. The fourth-order valence-electron chi connectivity index (χ4n) is 3.66. The molecule has 0 bridgehead atoms. The van der Waals surface area contributed by atoms with E-state index in [1.54, 1.807) is 6.92 Å². The van der Waals surface area contributed by atoms with E-state index in [0.717, 1.165) is 30.2 Å². The van der Waals surface area contributed by atoms with Crippen LogP contribution in [-0.4, -0.2) is 20.9 Å². The maximum atomic E-state index is 14.0. The molecule has 6 heteroatoms. The first-order chi connectivity index (χ1) is 13.0. The van der Waals surface area contributed by atoms with E-state index in [4.69, 9.17) is 4.52 Å². The van der Waals surface area contributed by atoms with Gasteiger partial charge in [0.15, 0.2) is 11.6 Å². The standard InChI is InChI=1S/C21H20FN3O2/c1-3-20-24-21(25-27-20)15-6-7-16-13(9-15)4-5-14(16)10-19(26)17-8-12(2)23-11-18(17)22/h6-9,11,14H,3-5,10H2,1-2H3/t14-/m0/s1. The highest BCUT2D eigenvalue weighted by Gasteiger charge is 2.27. The van der Waals surface area contributed by atoms with Gasteiger partial charge in [-0.25, -0.2) is 4.39 Å². The molecule has 0 unspecified atom stereocenters. The molecule has 5 nitrogen and oxygen atoms in total. The van der Waals surface area contributed by atoms with Crippen molar-refractivity contribution >= 4 is 5.78 Å². The number of ketones is 1. The molecule has 0 N–H and O–H groups in total. The second kappa shape index (κ2) is 7.02. The lowest BCUT2D eigenvalue weighted by Gasteiger charge is -2.12. The Morgan fingerprint density at radius 2 is 2.19 bits per heavy atom. The van der Waals surface area contributed by atoms with Crippen molar-refractivity contribution in [3.63, 3.8) is 0 Å². The summed E-state index contributed by atoms with van der Waals surface area (Å²) in [6.45, 7) is 3.72. The zero-order valence-corrected chi connectivity index (χ0v) is 15.3. The molecule has 2 aromatic heterocycles. The summed E-state index contributed by atoms with van der Waals surface area (Å²) in [7, 11) is 0. The number of carbonyl (C=O) groups excluding carboxylic acids is 1. The minimum absolute atomic E-state index is 0.103. The van der Waals surface area contributed by atoms with Gasteiger partial charge in [-0.15, -0.1) is 0 Å². The maximum Gasteiger partial charge on any atom is 0.226 e. The Labute approximate surface area is 156 Å². The SMILES string of the molecule is CCc1nc(-c2ccc3c(c2)CC[C@H]3CC(=O)c2cc(C)ncc2F)no1. The van der Waals surface area contributed by atoms with Gasteiger partial charge < -0.3 is 4.52 Å². The van der Waals surface area contributed by atoms with Gasteiger partial charge in [0, 0.05) is 24.1 Å². The van der Waals surface area contributed by atoms with Crippen molar-refractivity contribution < 1.29 is 13.7 Å². The number of benzene rings is 1. The molecule has 2 heterocycles. The topological polar surface area (TPSA) is 68.9 Å². The summed E-state index contributed by atoms with van der Waals surface area (Å²) >= 11 is 0. The Kier molecular flexibility index (Phi) is 4.56. The third kappa shape index (κ3) is 3.39. The summed E-state index contributed by atoms with van der Waals surface area (Å²) in [5, 5.41) is 4.02. The second-order valence-corrected chi connectivity index (χ2v) is 6.95. The first kappa shape index (κ1) is 17.5. The van der Waals surface area contributed by atoms with Gasteiger partial charge in [0.25, 0.3) is 0 Å². The molecule has 3 aromatic rings. The summed E-state index contributed by atoms with van der Waals surface area (Å²) in [5.74, 6) is 0.576. The number of aryl methyl sites for hydroxylation is 3. The van der Waals surface area contributed by atoms with E-state index in [1.807, 2.05) is 19.1 Å². The predicted molar refractivity (Wildman–Crippen MR) is 98.1 cm³/mol. The first-order valence-corrected chi connectivity index (χ1v) is 9.16. The normalized spacial score (nSPS) is 15.7. The number of nitrogens with zero attached hydrogens (tertiary/aromatic N) is 3.